The summed E-state index contributed by atoms with van der Waals surface area (Å²) in [5.74, 6) is -0.0320. The van der Waals surface area contributed by atoms with Gasteiger partial charge in [-0.05, 0) is 37.8 Å². The van der Waals surface area contributed by atoms with Crippen molar-refractivity contribution in [1.29, 1.82) is 0 Å². The molecule has 1 N–H and O–H groups in total. The number of hydrogen-bond acceptors (Lipinski definition) is 3. The van der Waals surface area contributed by atoms with Gasteiger partial charge in [0.25, 0.3) is 5.69 Å². The number of rotatable bonds is 4. The molecule has 4 nitrogen and oxygen atoms in total. The zero-order valence-electron chi connectivity index (χ0n) is 10.4. The van der Waals surface area contributed by atoms with Gasteiger partial charge in [-0.3, -0.25) is 10.1 Å². The summed E-state index contributed by atoms with van der Waals surface area (Å²) in [7, 11) is 0. The van der Waals surface area contributed by atoms with E-state index in [1.807, 2.05) is 6.92 Å². The molecular weight excluding hydrogens is 235 g/mol. The summed E-state index contributed by atoms with van der Waals surface area (Å²) in [6.07, 6.45) is 4.76. The highest BCUT2D eigenvalue weighted by molar-refractivity contribution is 5.61. The third-order valence-electron chi connectivity index (χ3n) is 3.65. The summed E-state index contributed by atoms with van der Waals surface area (Å²) in [5.41, 5.74) is 0.209. The quantitative estimate of drug-likeness (QED) is 0.656. The number of hydrogen-bond donors (Lipinski definition) is 1. The van der Waals surface area contributed by atoms with E-state index in [1.165, 1.54) is 25.0 Å². The van der Waals surface area contributed by atoms with Crippen molar-refractivity contribution in [2.75, 3.05) is 5.32 Å². The van der Waals surface area contributed by atoms with Gasteiger partial charge in [0.05, 0.1) is 11.0 Å². The predicted molar refractivity (Wildman–Crippen MR) is 68.1 cm³/mol. The van der Waals surface area contributed by atoms with Gasteiger partial charge in [-0.25, -0.2) is 4.39 Å². The molecule has 0 aromatic heterocycles. The molecule has 1 unspecified atom stereocenters. The molecule has 0 saturated heterocycles. The molecule has 0 radical (unpaired) electrons. The van der Waals surface area contributed by atoms with Crippen LogP contribution >= 0.6 is 0 Å². The molecule has 0 aliphatic heterocycles. The lowest BCUT2D eigenvalue weighted by Gasteiger charge is -2.21. The van der Waals surface area contributed by atoms with Crippen molar-refractivity contribution in [2.45, 2.75) is 38.6 Å². The first kappa shape index (κ1) is 12.8. The van der Waals surface area contributed by atoms with Gasteiger partial charge >= 0.3 is 0 Å². The van der Waals surface area contributed by atoms with Crippen molar-refractivity contribution in [3.05, 3.63) is 34.1 Å². The Balaban J connectivity index is 2.15. The number of nitrogens with zero attached hydrogens (tertiary/aromatic N) is 1. The lowest BCUT2D eigenvalue weighted by molar-refractivity contribution is -0.384. The number of halogens is 1. The fourth-order valence-corrected chi connectivity index (χ4v) is 2.60. The number of nitro benzene ring substituents is 1. The fraction of sp³-hybridized carbons (Fsp3) is 0.538. The Bertz CT molecular complexity index is 445. The zero-order chi connectivity index (χ0) is 13.1. The van der Waals surface area contributed by atoms with Crippen LogP contribution in [0.5, 0.6) is 0 Å². The molecule has 0 spiro atoms. The Hall–Kier alpha value is -1.65. The molecule has 1 aliphatic rings. The first-order chi connectivity index (χ1) is 8.58. The maximum absolute atomic E-state index is 13.0. The van der Waals surface area contributed by atoms with Gasteiger partial charge in [-0.15, -0.1) is 0 Å². The average molecular weight is 252 g/mol. The molecule has 1 saturated carbocycles. The van der Waals surface area contributed by atoms with Gasteiger partial charge < -0.3 is 5.32 Å². The molecule has 5 heteroatoms. The summed E-state index contributed by atoms with van der Waals surface area (Å²) in [6.45, 7) is 2.03. The highest BCUT2D eigenvalue weighted by atomic mass is 19.1. The van der Waals surface area contributed by atoms with Crippen LogP contribution in [0.15, 0.2) is 18.2 Å². The molecule has 1 aromatic rings. The standard InChI is InChI=1S/C13H17FN2O2/c1-9(10-4-2-3-5-10)15-12-7-6-11(14)8-13(12)16(17)18/h6-10,15H,2-5H2,1H3. The van der Waals surface area contributed by atoms with Crippen LogP contribution in [0, 0.1) is 21.8 Å². The summed E-state index contributed by atoms with van der Waals surface area (Å²) in [4.78, 5) is 10.3. The van der Waals surface area contributed by atoms with E-state index >= 15 is 0 Å². The Kier molecular flexibility index (Phi) is 3.79. The SMILES string of the molecule is CC(Nc1ccc(F)cc1[N+](=O)[O-])C1CCCC1. The molecule has 1 aromatic carbocycles. The molecule has 18 heavy (non-hydrogen) atoms. The molecule has 0 bridgehead atoms. The summed E-state index contributed by atoms with van der Waals surface area (Å²) in [5, 5.41) is 14.0. The van der Waals surface area contributed by atoms with Crippen molar-refractivity contribution < 1.29 is 9.31 Å². The smallest absolute Gasteiger partial charge is 0.295 e. The lowest BCUT2D eigenvalue weighted by Crippen LogP contribution is -2.24. The Morgan fingerprint density at radius 2 is 2.11 bits per heavy atom. The summed E-state index contributed by atoms with van der Waals surface area (Å²) in [6, 6.07) is 3.83. The minimum absolute atomic E-state index is 0.177. The fourth-order valence-electron chi connectivity index (χ4n) is 2.60. The minimum atomic E-state index is -0.583. The van der Waals surface area contributed by atoms with Crippen LogP contribution < -0.4 is 5.32 Å². The van der Waals surface area contributed by atoms with Gasteiger partial charge in [0.2, 0.25) is 0 Å². The van der Waals surface area contributed by atoms with Crippen LogP contribution in [-0.2, 0) is 0 Å². The van der Waals surface area contributed by atoms with Crippen molar-refractivity contribution in [3.8, 4) is 0 Å². The maximum Gasteiger partial charge on any atom is 0.295 e. The van der Waals surface area contributed by atoms with Crippen LogP contribution in [0.25, 0.3) is 0 Å². The molecule has 1 aliphatic carbocycles. The third kappa shape index (κ3) is 2.78. The van der Waals surface area contributed by atoms with Gasteiger partial charge in [0.15, 0.2) is 0 Å². The molecular formula is C13H17FN2O2. The van der Waals surface area contributed by atoms with Crippen molar-refractivity contribution >= 4 is 11.4 Å². The normalized spacial score (nSPS) is 17.7. The first-order valence-corrected chi connectivity index (χ1v) is 6.28. The minimum Gasteiger partial charge on any atom is -0.377 e. The van der Waals surface area contributed by atoms with E-state index in [0.717, 1.165) is 18.9 Å². The monoisotopic (exact) mass is 252 g/mol. The second-order valence-corrected chi connectivity index (χ2v) is 4.90. The van der Waals surface area contributed by atoms with Crippen LogP contribution in [0.3, 0.4) is 0 Å². The molecule has 0 amide bonds. The van der Waals surface area contributed by atoms with E-state index < -0.39 is 10.7 Å². The average Bonchev–Trinajstić information content (AvgIpc) is 2.84. The first-order valence-electron chi connectivity index (χ1n) is 6.28. The van der Waals surface area contributed by atoms with Crippen LogP contribution in [0.1, 0.15) is 32.6 Å². The van der Waals surface area contributed by atoms with E-state index in [0.29, 0.717) is 11.6 Å². The Labute approximate surface area is 105 Å². The topological polar surface area (TPSA) is 55.2 Å². The highest BCUT2D eigenvalue weighted by Crippen LogP contribution is 2.32. The zero-order valence-corrected chi connectivity index (χ0v) is 10.4. The molecule has 1 fully saturated rings. The van der Waals surface area contributed by atoms with Gasteiger partial charge in [-0.1, -0.05) is 12.8 Å². The largest absolute Gasteiger partial charge is 0.377 e. The second-order valence-electron chi connectivity index (χ2n) is 4.90. The molecule has 98 valence electrons. The van der Waals surface area contributed by atoms with Crippen molar-refractivity contribution in [3.63, 3.8) is 0 Å². The number of nitro groups is 1. The van der Waals surface area contributed by atoms with E-state index in [9.17, 15) is 14.5 Å². The van der Waals surface area contributed by atoms with Crippen molar-refractivity contribution in [2.24, 2.45) is 5.92 Å². The Morgan fingerprint density at radius 1 is 1.44 bits per heavy atom. The van der Waals surface area contributed by atoms with Crippen LogP contribution in [0.4, 0.5) is 15.8 Å². The Morgan fingerprint density at radius 3 is 2.72 bits per heavy atom. The third-order valence-corrected chi connectivity index (χ3v) is 3.65. The molecule has 1 atom stereocenters. The van der Waals surface area contributed by atoms with Crippen molar-refractivity contribution in [1.82, 2.24) is 0 Å². The van der Waals surface area contributed by atoms with Crippen LogP contribution in [-0.4, -0.2) is 11.0 Å². The van der Waals surface area contributed by atoms with E-state index in [4.69, 9.17) is 0 Å². The summed E-state index contributed by atoms with van der Waals surface area (Å²) >= 11 is 0. The van der Waals surface area contributed by atoms with Gasteiger partial charge in [0, 0.05) is 6.04 Å². The molecule has 2 rings (SSSR count). The van der Waals surface area contributed by atoms with Gasteiger partial charge in [0.1, 0.15) is 11.5 Å². The lowest BCUT2D eigenvalue weighted by atomic mass is 9.99. The second kappa shape index (κ2) is 5.33. The number of nitrogens with one attached hydrogen (secondary N) is 1. The van der Waals surface area contributed by atoms with E-state index in [1.54, 1.807) is 0 Å². The summed E-state index contributed by atoms with van der Waals surface area (Å²) < 4.78 is 13.0. The predicted octanol–water partition coefficient (Wildman–Crippen LogP) is 3.72. The van der Waals surface area contributed by atoms with E-state index in [2.05, 4.69) is 5.32 Å². The number of anilines is 1. The van der Waals surface area contributed by atoms with Crippen LogP contribution in [0.2, 0.25) is 0 Å². The molecule has 0 heterocycles. The van der Waals surface area contributed by atoms with Gasteiger partial charge in [-0.2, -0.15) is 0 Å². The number of benzene rings is 1. The highest BCUT2D eigenvalue weighted by Gasteiger charge is 2.24. The van der Waals surface area contributed by atoms with E-state index in [-0.39, 0.29) is 11.7 Å². The maximum atomic E-state index is 13.0.